The number of rotatable bonds is 1. The number of hydrogen-bond donors (Lipinski definition) is 1. The number of nitriles is 1. The second-order valence-electron chi connectivity index (χ2n) is 2.82. The molecule has 0 spiro atoms. The first kappa shape index (κ1) is 7.83. The summed E-state index contributed by atoms with van der Waals surface area (Å²) in [5.41, 5.74) is 5.66. The van der Waals surface area contributed by atoms with Crippen LogP contribution in [-0.4, -0.2) is 4.57 Å². The minimum absolute atomic E-state index is 0.833. The van der Waals surface area contributed by atoms with Crippen molar-refractivity contribution in [3.8, 4) is 6.07 Å². The predicted molar refractivity (Wildman–Crippen MR) is 42.6 cm³/mol. The summed E-state index contributed by atoms with van der Waals surface area (Å²) >= 11 is 0. The third-order valence-corrected chi connectivity index (χ3v) is 1.71. The van der Waals surface area contributed by atoms with E-state index in [0.717, 1.165) is 5.69 Å². The molecule has 0 bridgehead atoms. The summed E-state index contributed by atoms with van der Waals surface area (Å²) in [6.07, 6.45) is 1.87. The van der Waals surface area contributed by atoms with Gasteiger partial charge in [0.1, 0.15) is 5.54 Å². The van der Waals surface area contributed by atoms with Gasteiger partial charge in [-0.15, -0.1) is 0 Å². The summed E-state index contributed by atoms with van der Waals surface area (Å²) in [7, 11) is 1.87. The Labute approximate surface area is 66.0 Å². The lowest BCUT2D eigenvalue weighted by Crippen LogP contribution is -2.32. The molecule has 1 heterocycles. The third-order valence-electron chi connectivity index (χ3n) is 1.71. The van der Waals surface area contributed by atoms with Gasteiger partial charge in [0, 0.05) is 13.2 Å². The molecular formula is C8H11N3. The van der Waals surface area contributed by atoms with Gasteiger partial charge in [0.25, 0.3) is 0 Å². The van der Waals surface area contributed by atoms with Gasteiger partial charge in [0.15, 0.2) is 0 Å². The van der Waals surface area contributed by atoms with Crippen LogP contribution in [0.5, 0.6) is 0 Å². The van der Waals surface area contributed by atoms with E-state index in [9.17, 15) is 0 Å². The van der Waals surface area contributed by atoms with Crippen molar-refractivity contribution in [1.29, 1.82) is 5.26 Å². The van der Waals surface area contributed by atoms with Crippen molar-refractivity contribution >= 4 is 0 Å². The lowest BCUT2D eigenvalue weighted by molar-refractivity contribution is 0.590. The summed E-state index contributed by atoms with van der Waals surface area (Å²) in [6.45, 7) is 1.70. The van der Waals surface area contributed by atoms with E-state index in [-0.39, 0.29) is 0 Å². The minimum atomic E-state index is -0.877. The molecule has 0 saturated carbocycles. The summed E-state index contributed by atoms with van der Waals surface area (Å²) < 4.78 is 1.85. The van der Waals surface area contributed by atoms with Crippen LogP contribution in [0.15, 0.2) is 18.3 Å². The molecule has 0 aliphatic carbocycles. The first-order chi connectivity index (χ1) is 5.08. The van der Waals surface area contributed by atoms with Gasteiger partial charge in [-0.2, -0.15) is 5.26 Å². The molecule has 0 fully saturated rings. The summed E-state index contributed by atoms with van der Waals surface area (Å²) in [5, 5.41) is 8.70. The van der Waals surface area contributed by atoms with Crippen molar-refractivity contribution in [1.82, 2.24) is 4.57 Å². The highest BCUT2D eigenvalue weighted by Crippen LogP contribution is 2.15. The quantitative estimate of drug-likeness (QED) is 0.639. The molecule has 1 aromatic rings. The lowest BCUT2D eigenvalue weighted by atomic mass is 10.0. The van der Waals surface area contributed by atoms with Crippen molar-refractivity contribution in [2.24, 2.45) is 12.8 Å². The monoisotopic (exact) mass is 149 g/mol. The van der Waals surface area contributed by atoms with E-state index in [1.165, 1.54) is 0 Å². The minimum Gasteiger partial charge on any atom is -0.352 e. The topological polar surface area (TPSA) is 54.7 Å². The van der Waals surface area contributed by atoms with Crippen molar-refractivity contribution in [2.45, 2.75) is 12.5 Å². The Morgan fingerprint density at radius 2 is 2.36 bits per heavy atom. The lowest BCUT2D eigenvalue weighted by Gasteiger charge is -2.15. The molecule has 11 heavy (non-hydrogen) atoms. The highest BCUT2D eigenvalue weighted by molar-refractivity contribution is 5.23. The second-order valence-corrected chi connectivity index (χ2v) is 2.82. The van der Waals surface area contributed by atoms with Crippen LogP contribution in [0.1, 0.15) is 12.6 Å². The molecule has 1 rings (SSSR count). The summed E-state index contributed by atoms with van der Waals surface area (Å²) in [4.78, 5) is 0. The number of nitrogens with two attached hydrogens (primary N) is 1. The maximum absolute atomic E-state index is 8.70. The van der Waals surface area contributed by atoms with Crippen LogP contribution in [0.25, 0.3) is 0 Å². The maximum atomic E-state index is 8.70. The number of nitrogens with zero attached hydrogens (tertiary/aromatic N) is 2. The van der Waals surface area contributed by atoms with Gasteiger partial charge >= 0.3 is 0 Å². The van der Waals surface area contributed by atoms with Crippen LogP contribution in [-0.2, 0) is 12.6 Å². The smallest absolute Gasteiger partial charge is 0.141 e. The molecular weight excluding hydrogens is 138 g/mol. The van der Waals surface area contributed by atoms with E-state index in [4.69, 9.17) is 11.0 Å². The van der Waals surface area contributed by atoms with Crippen LogP contribution in [0.4, 0.5) is 0 Å². The molecule has 0 unspecified atom stereocenters. The SMILES string of the molecule is Cn1cccc1[C@](C)(N)C#N. The van der Waals surface area contributed by atoms with Crippen molar-refractivity contribution in [3.05, 3.63) is 24.0 Å². The zero-order valence-electron chi connectivity index (χ0n) is 6.70. The highest BCUT2D eigenvalue weighted by Gasteiger charge is 2.22. The zero-order valence-corrected chi connectivity index (χ0v) is 6.70. The molecule has 58 valence electrons. The van der Waals surface area contributed by atoms with E-state index in [1.807, 2.05) is 36.0 Å². The molecule has 3 nitrogen and oxygen atoms in total. The fraction of sp³-hybridized carbons (Fsp3) is 0.375. The van der Waals surface area contributed by atoms with E-state index >= 15 is 0 Å². The van der Waals surface area contributed by atoms with Crippen LogP contribution in [0, 0.1) is 11.3 Å². The van der Waals surface area contributed by atoms with Gasteiger partial charge in [-0.1, -0.05) is 0 Å². The van der Waals surface area contributed by atoms with E-state index in [1.54, 1.807) is 6.92 Å². The Hall–Kier alpha value is -1.27. The Morgan fingerprint density at radius 1 is 1.73 bits per heavy atom. The fourth-order valence-electron chi connectivity index (χ4n) is 1.06. The molecule has 0 aliphatic heterocycles. The Balaban J connectivity index is 3.13. The van der Waals surface area contributed by atoms with Gasteiger partial charge in [-0.05, 0) is 19.1 Å². The Morgan fingerprint density at radius 3 is 2.73 bits per heavy atom. The van der Waals surface area contributed by atoms with Crippen molar-refractivity contribution in [2.75, 3.05) is 0 Å². The molecule has 0 amide bonds. The molecule has 2 N–H and O–H groups in total. The maximum Gasteiger partial charge on any atom is 0.141 e. The first-order valence-corrected chi connectivity index (χ1v) is 3.40. The number of aryl methyl sites for hydroxylation is 1. The Bertz CT molecular complexity index is 291. The summed E-state index contributed by atoms with van der Waals surface area (Å²) in [6, 6.07) is 5.76. The van der Waals surface area contributed by atoms with Gasteiger partial charge in [0.05, 0.1) is 11.8 Å². The molecule has 1 atom stereocenters. The average Bonchev–Trinajstić information content (AvgIpc) is 2.36. The predicted octanol–water partition coefficient (Wildman–Crippen LogP) is 0.723. The van der Waals surface area contributed by atoms with Gasteiger partial charge in [-0.3, -0.25) is 0 Å². The molecule has 0 aromatic carbocycles. The third kappa shape index (κ3) is 1.26. The van der Waals surface area contributed by atoms with E-state index in [2.05, 4.69) is 0 Å². The van der Waals surface area contributed by atoms with E-state index < -0.39 is 5.54 Å². The van der Waals surface area contributed by atoms with E-state index in [0.29, 0.717) is 0 Å². The van der Waals surface area contributed by atoms with Gasteiger partial charge in [0.2, 0.25) is 0 Å². The first-order valence-electron chi connectivity index (χ1n) is 3.40. The van der Waals surface area contributed by atoms with Crippen molar-refractivity contribution < 1.29 is 0 Å². The van der Waals surface area contributed by atoms with Crippen LogP contribution < -0.4 is 5.73 Å². The molecule has 3 heteroatoms. The van der Waals surface area contributed by atoms with Gasteiger partial charge < -0.3 is 10.3 Å². The highest BCUT2D eigenvalue weighted by atomic mass is 15.0. The van der Waals surface area contributed by atoms with Crippen LogP contribution in [0.2, 0.25) is 0 Å². The molecule has 0 aliphatic rings. The Kier molecular flexibility index (Phi) is 1.71. The second kappa shape index (κ2) is 2.40. The van der Waals surface area contributed by atoms with Gasteiger partial charge in [-0.25, -0.2) is 0 Å². The normalized spacial score (nSPS) is 15.5. The summed E-state index contributed by atoms with van der Waals surface area (Å²) in [5.74, 6) is 0. The largest absolute Gasteiger partial charge is 0.352 e. The number of aromatic nitrogens is 1. The van der Waals surface area contributed by atoms with Crippen LogP contribution >= 0.6 is 0 Å². The zero-order chi connectivity index (χ0) is 8.48. The average molecular weight is 149 g/mol. The standard InChI is InChI=1S/C8H11N3/c1-8(10,6-9)7-4-3-5-11(7)2/h3-5H,10H2,1-2H3/t8-/m1/s1. The van der Waals surface area contributed by atoms with Crippen molar-refractivity contribution in [3.63, 3.8) is 0 Å². The van der Waals surface area contributed by atoms with Crippen LogP contribution in [0.3, 0.4) is 0 Å². The molecule has 0 radical (unpaired) electrons. The molecule has 1 aromatic heterocycles. The number of hydrogen-bond acceptors (Lipinski definition) is 2. The fourth-order valence-corrected chi connectivity index (χ4v) is 1.06. The molecule has 0 saturated heterocycles.